The van der Waals surface area contributed by atoms with Gasteiger partial charge in [0.25, 0.3) is 6.48 Å². The lowest BCUT2D eigenvalue weighted by atomic mass is 9.94. The van der Waals surface area contributed by atoms with E-state index in [-0.39, 0.29) is 0 Å². The Balaban J connectivity index is 0.000000212. The van der Waals surface area contributed by atoms with Gasteiger partial charge in [-0.2, -0.15) is 0 Å². The van der Waals surface area contributed by atoms with Crippen molar-refractivity contribution in [2.45, 2.75) is 38.2 Å². The molecule has 3 rings (SSSR count). The molecule has 1 aliphatic carbocycles. The second-order valence-electron chi connectivity index (χ2n) is 4.88. The second kappa shape index (κ2) is 3.84. The first-order valence-electron chi connectivity index (χ1n) is 5.45. The van der Waals surface area contributed by atoms with Crippen LogP contribution in [0.4, 0.5) is 0 Å². The molecule has 16 heavy (non-hydrogen) atoms. The van der Waals surface area contributed by atoms with Crippen LogP contribution < -0.4 is 0 Å². The Bertz CT molecular complexity index is 319. The normalized spacial score (nSPS) is 29.5. The van der Waals surface area contributed by atoms with Crippen LogP contribution in [0.3, 0.4) is 0 Å². The maximum Gasteiger partial charge on any atom is 0.263 e. The molecule has 0 bridgehead atoms. The number of aliphatic hydroxyl groups excluding tert-OH is 1. The Morgan fingerprint density at radius 3 is 2.44 bits per heavy atom. The second-order valence-corrected chi connectivity index (χ2v) is 4.88. The maximum atomic E-state index is 11.5. The number of aliphatic hydroxyl groups is 3. The predicted molar refractivity (Wildman–Crippen MR) is 56.0 cm³/mol. The molecule has 1 unspecified atom stereocenters. The average Bonchev–Trinajstić information content (AvgIpc) is 2.73. The van der Waals surface area contributed by atoms with E-state index >= 15 is 0 Å². The molecule has 3 aliphatic rings. The minimum absolute atomic E-state index is 0.371. The van der Waals surface area contributed by atoms with Crippen molar-refractivity contribution < 1.29 is 20.1 Å². The van der Waals surface area contributed by atoms with Crippen LogP contribution in [0.25, 0.3) is 0 Å². The molecular weight excluding hydrogens is 210 g/mol. The first-order valence-corrected chi connectivity index (χ1v) is 5.45. The van der Waals surface area contributed by atoms with E-state index in [1.165, 1.54) is 18.4 Å². The van der Waals surface area contributed by atoms with E-state index < -0.39 is 6.48 Å². The van der Waals surface area contributed by atoms with Crippen molar-refractivity contribution in [3.8, 4) is 0 Å². The molecule has 90 valence electrons. The third-order valence-corrected chi connectivity index (χ3v) is 3.67. The van der Waals surface area contributed by atoms with E-state index in [1.807, 2.05) is 0 Å². The van der Waals surface area contributed by atoms with Gasteiger partial charge in [0.05, 0.1) is 0 Å². The Labute approximate surface area is 94.0 Å². The quantitative estimate of drug-likeness (QED) is 0.387. The lowest BCUT2D eigenvalue weighted by Gasteiger charge is -2.18. The minimum Gasteiger partial charge on any atom is -0.346 e. The monoisotopic (exact) mass is 227 g/mol. The number of hydrogen-bond donors (Lipinski definition) is 3. The lowest BCUT2D eigenvalue weighted by molar-refractivity contribution is -0.198. The molecule has 5 heteroatoms. The lowest BCUT2D eigenvalue weighted by Crippen LogP contribution is -2.29. The molecule has 2 saturated heterocycles. The van der Waals surface area contributed by atoms with Crippen LogP contribution in [0.1, 0.15) is 25.7 Å². The number of nitrogens with zero attached hydrogens (tertiary/aromatic N) is 1. The topological polar surface area (TPSA) is 81.0 Å². The standard InChI is InChI=1S/C10H13NO.CH4O3/c1-7-4-8-10(2-3-10)5-9(12)11(8)6-7;2-1(3)4/h8H,1-6H2;1-4H. The van der Waals surface area contributed by atoms with Gasteiger partial charge in [-0.1, -0.05) is 12.2 Å². The SMILES string of the molecule is C=C1CC2N(C1)C(=O)CC21CC1.OC(O)O. The Hall–Kier alpha value is -0.910. The van der Waals surface area contributed by atoms with Crippen LogP contribution in [0.2, 0.25) is 0 Å². The summed E-state index contributed by atoms with van der Waals surface area (Å²) < 4.78 is 0. The fourth-order valence-electron chi connectivity index (χ4n) is 2.80. The molecule has 0 aromatic heterocycles. The summed E-state index contributed by atoms with van der Waals surface area (Å²) in [5.74, 6) is 0.371. The van der Waals surface area contributed by atoms with E-state index in [1.54, 1.807) is 0 Å². The summed E-state index contributed by atoms with van der Waals surface area (Å²) in [5.41, 5.74) is 1.66. The van der Waals surface area contributed by atoms with Crippen LogP contribution in [-0.2, 0) is 4.79 Å². The van der Waals surface area contributed by atoms with Gasteiger partial charge in [-0.3, -0.25) is 4.79 Å². The van der Waals surface area contributed by atoms with Crippen molar-refractivity contribution in [1.82, 2.24) is 4.90 Å². The average molecular weight is 227 g/mol. The van der Waals surface area contributed by atoms with Gasteiger partial charge >= 0.3 is 0 Å². The van der Waals surface area contributed by atoms with Crippen LogP contribution in [0, 0.1) is 5.41 Å². The van der Waals surface area contributed by atoms with Crippen molar-refractivity contribution in [3.63, 3.8) is 0 Å². The van der Waals surface area contributed by atoms with Gasteiger partial charge in [0.15, 0.2) is 0 Å². The first kappa shape index (κ1) is 11.6. The summed E-state index contributed by atoms with van der Waals surface area (Å²) in [4.78, 5) is 13.6. The van der Waals surface area contributed by atoms with Crippen molar-refractivity contribution in [2.24, 2.45) is 5.41 Å². The van der Waals surface area contributed by atoms with Crippen molar-refractivity contribution in [3.05, 3.63) is 12.2 Å². The summed E-state index contributed by atoms with van der Waals surface area (Å²) in [6, 6.07) is 0.539. The van der Waals surface area contributed by atoms with E-state index in [2.05, 4.69) is 11.5 Å². The summed E-state index contributed by atoms with van der Waals surface area (Å²) in [5, 5.41) is 21.5. The van der Waals surface area contributed by atoms with Crippen LogP contribution >= 0.6 is 0 Å². The molecule has 0 aromatic carbocycles. The zero-order chi connectivity index (χ0) is 11.9. The largest absolute Gasteiger partial charge is 0.346 e. The van der Waals surface area contributed by atoms with Crippen molar-refractivity contribution in [2.75, 3.05) is 6.54 Å². The number of hydrogen-bond acceptors (Lipinski definition) is 4. The van der Waals surface area contributed by atoms with E-state index in [0.29, 0.717) is 17.4 Å². The highest BCUT2D eigenvalue weighted by Gasteiger charge is 2.60. The first-order chi connectivity index (χ1) is 7.44. The summed E-state index contributed by atoms with van der Waals surface area (Å²) in [7, 11) is 0. The third-order valence-electron chi connectivity index (χ3n) is 3.67. The molecule has 3 N–H and O–H groups in total. The Kier molecular flexibility index (Phi) is 2.77. The summed E-state index contributed by atoms with van der Waals surface area (Å²) in [6.07, 6.45) is 4.44. The Morgan fingerprint density at radius 1 is 1.38 bits per heavy atom. The van der Waals surface area contributed by atoms with Crippen molar-refractivity contribution >= 4 is 5.91 Å². The summed E-state index contributed by atoms with van der Waals surface area (Å²) in [6.45, 7) is 2.64. The van der Waals surface area contributed by atoms with Gasteiger partial charge in [-0.25, -0.2) is 0 Å². The molecule has 3 fully saturated rings. The zero-order valence-corrected chi connectivity index (χ0v) is 9.09. The maximum absolute atomic E-state index is 11.5. The van der Waals surface area contributed by atoms with E-state index in [9.17, 15) is 4.79 Å². The molecule has 2 heterocycles. The molecule has 1 spiro atoms. The van der Waals surface area contributed by atoms with E-state index in [0.717, 1.165) is 19.4 Å². The molecule has 1 amide bonds. The Morgan fingerprint density at radius 2 is 1.94 bits per heavy atom. The molecule has 0 aromatic rings. The highest BCUT2D eigenvalue weighted by molar-refractivity contribution is 5.82. The highest BCUT2D eigenvalue weighted by Crippen LogP contribution is 2.60. The highest BCUT2D eigenvalue weighted by atomic mass is 16.6. The molecule has 1 saturated carbocycles. The third kappa shape index (κ3) is 1.98. The molecular formula is C11H17NO4. The number of amides is 1. The smallest absolute Gasteiger partial charge is 0.263 e. The molecule has 2 aliphatic heterocycles. The van der Waals surface area contributed by atoms with E-state index in [4.69, 9.17) is 15.3 Å². The number of rotatable bonds is 0. The number of carbonyl (C=O) groups excluding carboxylic acids is 1. The van der Waals surface area contributed by atoms with Gasteiger partial charge in [-0.15, -0.1) is 0 Å². The van der Waals surface area contributed by atoms with Crippen LogP contribution in [-0.4, -0.2) is 45.2 Å². The van der Waals surface area contributed by atoms with Crippen LogP contribution in [0.15, 0.2) is 12.2 Å². The molecule has 5 nitrogen and oxygen atoms in total. The number of carbonyl (C=O) groups is 1. The minimum atomic E-state index is -2.17. The zero-order valence-electron chi connectivity index (χ0n) is 9.09. The van der Waals surface area contributed by atoms with Gasteiger partial charge in [0.1, 0.15) is 0 Å². The van der Waals surface area contributed by atoms with Gasteiger partial charge < -0.3 is 20.2 Å². The fraction of sp³-hybridized carbons (Fsp3) is 0.727. The van der Waals surface area contributed by atoms with Crippen LogP contribution in [0.5, 0.6) is 0 Å². The molecule has 1 atom stereocenters. The number of fused-ring (bicyclic) bond motifs is 2. The summed E-state index contributed by atoms with van der Waals surface area (Å²) >= 11 is 0. The van der Waals surface area contributed by atoms with Gasteiger partial charge in [-0.05, 0) is 24.7 Å². The molecule has 0 radical (unpaired) electrons. The van der Waals surface area contributed by atoms with Gasteiger partial charge in [0.2, 0.25) is 5.91 Å². The van der Waals surface area contributed by atoms with Crippen molar-refractivity contribution in [1.29, 1.82) is 0 Å². The van der Waals surface area contributed by atoms with Gasteiger partial charge in [0, 0.05) is 19.0 Å². The predicted octanol–water partition coefficient (Wildman–Crippen LogP) is -0.426. The fourth-order valence-corrected chi connectivity index (χ4v) is 2.80.